The van der Waals surface area contributed by atoms with Crippen LogP contribution >= 0.6 is 0 Å². The van der Waals surface area contributed by atoms with Gasteiger partial charge >= 0.3 is 0 Å². The Morgan fingerprint density at radius 2 is 1.79 bits per heavy atom. The molecule has 1 saturated heterocycles. The third-order valence-electron chi connectivity index (χ3n) is 7.62. The number of benzene rings is 1. The van der Waals surface area contributed by atoms with E-state index in [0.717, 1.165) is 60.0 Å². The standard InChI is InChI=1S/C30H36N6O2/c1-5-23-19-32-29(17-28(23)38-4)34-11-13-35(14-12-34)30(37)20-36-27(24-9-7-6-8-10-24)16-26(33-36)25-15-21(2)22(3)18-31-25/h6-10,15-16,18-19,28H,5,11-14,17,20H2,1-4H3. The molecule has 198 valence electrons. The van der Waals surface area contributed by atoms with Gasteiger partial charge in [-0.15, -0.1) is 0 Å². The average molecular weight is 513 g/mol. The third-order valence-corrected chi connectivity index (χ3v) is 7.62. The highest BCUT2D eigenvalue weighted by Gasteiger charge is 2.28. The van der Waals surface area contributed by atoms with Gasteiger partial charge < -0.3 is 14.5 Å². The number of piperazine rings is 1. The van der Waals surface area contributed by atoms with Gasteiger partial charge in [0.2, 0.25) is 5.91 Å². The SMILES string of the molecule is CCC1=CN=C(N2CCN(C(=O)Cn3nc(-c4cc(C)c(C)cn4)cc3-c3ccccc3)CC2)CC1OC. The number of aryl methyl sites for hydroxylation is 2. The molecule has 1 aromatic carbocycles. The van der Waals surface area contributed by atoms with Gasteiger partial charge in [0.25, 0.3) is 0 Å². The zero-order valence-electron chi connectivity index (χ0n) is 22.7. The van der Waals surface area contributed by atoms with Gasteiger partial charge in [-0.2, -0.15) is 5.10 Å². The first-order valence-electron chi connectivity index (χ1n) is 13.3. The quantitative estimate of drug-likeness (QED) is 0.487. The number of hydrogen-bond donors (Lipinski definition) is 0. The molecule has 38 heavy (non-hydrogen) atoms. The van der Waals surface area contributed by atoms with Crippen molar-refractivity contribution in [1.29, 1.82) is 0 Å². The predicted molar refractivity (Wildman–Crippen MR) is 150 cm³/mol. The molecular weight excluding hydrogens is 476 g/mol. The van der Waals surface area contributed by atoms with Crippen molar-refractivity contribution in [1.82, 2.24) is 24.6 Å². The van der Waals surface area contributed by atoms with E-state index in [4.69, 9.17) is 14.8 Å². The first kappa shape index (κ1) is 25.9. The monoisotopic (exact) mass is 512 g/mol. The number of carbonyl (C=O) groups excluding carboxylic acids is 1. The molecule has 5 rings (SSSR count). The van der Waals surface area contributed by atoms with Crippen molar-refractivity contribution in [3.63, 3.8) is 0 Å². The zero-order valence-corrected chi connectivity index (χ0v) is 22.7. The summed E-state index contributed by atoms with van der Waals surface area (Å²) in [5.41, 5.74) is 7.06. The smallest absolute Gasteiger partial charge is 0.244 e. The number of nitrogens with zero attached hydrogens (tertiary/aromatic N) is 6. The van der Waals surface area contributed by atoms with E-state index in [2.05, 4.69) is 36.7 Å². The fourth-order valence-corrected chi connectivity index (χ4v) is 5.06. The van der Waals surface area contributed by atoms with E-state index < -0.39 is 0 Å². The summed E-state index contributed by atoms with van der Waals surface area (Å²) in [5.74, 6) is 1.11. The second-order valence-corrected chi connectivity index (χ2v) is 9.99. The Hall–Kier alpha value is -3.78. The van der Waals surface area contributed by atoms with E-state index in [1.807, 2.05) is 58.4 Å². The number of aliphatic imine (C=N–C) groups is 1. The van der Waals surface area contributed by atoms with Crippen LogP contribution in [-0.2, 0) is 16.1 Å². The number of rotatable bonds is 6. The number of hydrogen-bond acceptors (Lipinski definition) is 6. The largest absolute Gasteiger partial charge is 0.377 e. The van der Waals surface area contributed by atoms with Crippen LogP contribution in [-0.4, -0.2) is 75.7 Å². The number of carbonyl (C=O) groups is 1. The number of amidine groups is 1. The summed E-state index contributed by atoms with van der Waals surface area (Å²) in [4.78, 5) is 27.0. The lowest BCUT2D eigenvalue weighted by Crippen LogP contribution is -2.52. The van der Waals surface area contributed by atoms with Gasteiger partial charge in [0, 0.05) is 52.1 Å². The van der Waals surface area contributed by atoms with Gasteiger partial charge in [-0.25, -0.2) is 4.99 Å². The second kappa shape index (κ2) is 11.3. The second-order valence-electron chi connectivity index (χ2n) is 9.99. The lowest BCUT2D eigenvalue weighted by molar-refractivity contribution is -0.133. The van der Waals surface area contributed by atoms with Crippen LogP contribution in [0.1, 0.15) is 30.9 Å². The van der Waals surface area contributed by atoms with Gasteiger partial charge in [-0.05, 0) is 54.7 Å². The molecule has 0 radical (unpaired) electrons. The molecule has 1 unspecified atom stereocenters. The molecule has 3 aromatic rings. The van der Waals surface area contributed by atoms with Crippen molar-refractivity contribution in [2.75, 3.05) is 33.3 Å². The lowest BCUT2D eigenvalue weighted by atomic mass is 10.0. The van der Waals surface area contributed by atoms with Crippen molar-refractivity contribution < 1.29 is 9.53 Å². The van der Waals surface area contributed by atoms with E-state index in [-0.39, 0.29) is 18.6 Å². The third kappa shape index (κ3) is 5.41. The fraction of sp³-hybridized carbons (Fsp3) is 0.400. The minimum atomic E-state index is 0.0676. The first-order valence-corrected chi connectivity index (χ1v) is 13.3. The van der Waals surface area contributed by atoms with Crippen molar-refractivity contribution in [2.24, 2.45) is 4.99 Å². The summed E-state index contributed by atoms with van der Waals surface area (Å²) in [7, 11) is 1.76. The minimum absolute atomic E-state index is 0.0676. The van der Waals surface area contributed by atoms with Gasteiger partial charge in [0.15, 0.2) is 0 Å². The summed E-state index contributed by atoms with van der Waals surface area (Å²) in [6, 6.07) is 14.2. The van der Waals surface area contributed by atoms with Crippen molar-refractivity contribution in [3.05, 3.63) is 71.6 Å². The van der Waals surface area contributed by atoms with Gasteiger partial charge in [-0.3, -0.25) is 14.5 Å². The summed E-state index contributed by atoms with van der Waals surface area (Å²) < 4.78 is 7.50. The minimum Gasteiger partial charge on any atom is -0.377 e. The molecule has 0 bridgehead atoms. The molecule has 2 aliphatic heterocycles. The Bertz CT molecular complexity index is 1350. The summed E-state index contributed by atoms with van der Waals surface area (Å²) in [6.45, 7) is 9.29. The molecule has 1 fully saturated rings. The molecule has 8 heteroatoms. The van der Waals surface area contributed by atoms with Gasteiger partial charge in [-0.1, -0.05) is 37.3 Å². The van der Waals surface area contributed by atoms with E-state index in [9.17, 15) is 4.79 Å². The van der Waals surface area contributed by atoms with Crippen LogP contribution in [0.3, 0.4) is 0 Å². The number of ether oxygens (including phenoxy) is 1. The maximum atomic E-state index is 13.4. The lowest BCUT2D eigenvalue weighted by Gasteiger charge is -2.38. The van der Waals surface area contributed by atoms with Crippen LogP contribution in [0, 0.1) is 13.8 Å². The molecule has 1 atom stereocenters. The molecule has 0 saturated carbocycles. The highest BCUT2D eigenvalue weighted by molar-refractivity contribution is 5.85. The number of amides is 1. The number of methoxy groups -OCH3 is 1. The van der Waals surface area contributed by atoms with E-state index in [1.54, 1.807) is 7.11 Å². The van der Waals surface area contributed by atoms with Crippen LogP contribution in [0.15, 0.2) is 65.4 Å². The van der Waals surface area contributed by atoms with E-state index in [0.29, 0.717) is 13.1 Å². The highest BCUT2D eigenvalue weighted by atomic mass is 16.5. The normalized spacial score (nSPS) is 17.8. The molecule has 8 nitrogen and oxygen atoms in total. The molecule has 1 amide bonds. The van der Waals surface area contributed by atoms with Crippen molar-refractivity contribution in [3.8, 4) is 22.6 Å². The summed E-state index contributed by atoms with van der Waals surface area (Å²) in [5, 5.41) is 4.84. The molecular formula is C30H36N6O2. The number of pyridine rings is 1. The van der Waals surface area contributed by atoms with Crippen LogP contribution in [0.2, 0.25) is 0 Å². The molecule has 2 aromatic heterocycles. The highest BCUT2D eigenvalue weighted by Crippen LogP contribution is 2.27. The summed E-state index contributed by atoms with van der Waals surface area (Å²) in [6.07, 6.45) is 5.64. The Morgan fingerprint density at radius 3 is 2.47 bits per heavy atom. The van der Waals surface area contributed by atoms with Crippen molar-refractivity contribution >= 4 is 11.7 Å². The molecule has 2 aliphatic rings. The van der Waals surface area contributed by atoms with Crippen LogP contribution in [0.5, 0.6) is 0 Å². The Labute approximate surface area is 224 Å². The van der Waals surface area contributed by atoms with Gasteiger partial charge in [0.05, 0.1) is 17.5 Å². The Balaban J connectivity index is 1.31. The molecule has 0 N–H and O–H groups in total. The Morgan fingerprint density at radius 1 is 1.03 bits per heavy atom. The van der Waals surface area contributed by atoms with Crippen LogP contribution in [0.25, 0.3) is 22.6 Å². The molecule has 4 heterocycles. The maximum absolute atomic E-state index is 13.4. The van der Waals surface area contributed by atoms with Crippen molar-refractivity contribution in [2.45, 2.75) is 46.3 Å². The fourth-order valence-electron chi connectivity index (χ4n) is 5.06. The predicted octanol–water partition coefficient (Wildman–Crippen LogP) is 4.48. The van der Waals surface area contributed by atoms with E-state index >= 15 is 0 Å². The molecule has 0 spiro atoms. The first-order chi connectivity index (χ1) is 18.5. The van der Waals surface area contributed by atoms with Crippen LogP contribution < -0.4 is 0 Å². The number of aromatic nitrogens is 3. The average Bonchev–Trinajstić information content (AvgIpc) is 3.38. The molecule has 0 aliphatic carbocycles. The zero-order chi connectivity index (χ0) is 26.6. The summed E-state index contributed by atoms with van der Waals surface area (Å²) >= 11 is 0. The maximum Gasteiger partial charge on any atom is 0.244 e. The van der Waals surface area contributed by atoms with E-state index in [1.165, 1.54) is 11.1 Å². The van der Waals surface area contributed by atoms with Gasteiger partial charge in [0.1, 0.15) is 18.1 Å². The van der Waals surface area contributed by atoms with Crippen LogP contribution in [0.4, 0.5) is 0 Å². The topological polar surface area (TPSA) is 75.9 Å². The Kier molecular flexibility index (Phi) is 7.69.